The molecule has 0 fully saturated rings. The van der Waals surface area contributed by atoms with Crippen molar-refractivity contribution in [3.8, 4) is 96.1 Å². The lowest BCUT2D eigenvalue weighted by Crippen LogP contribution is -2.04. The molecule has 0 N–H and O–H groups in total. The third-order valence-corrected chi connectivity index (χ3v) is 14.6. The van der Waals surface area contributed by atoms with Gasteiger partial charge in [-0.2, -0.15) is 5.26 Å². The molecule has 0 aliphatic heterocycles. The number of benzene rings is 11. The van der Waals surface area contributed by atoms with Crippen LogP contribution < -0.4 is 0 Å². The topological polar surface area (TPSA) is 72.3 Å². The second kappa shape index (κ2) is 18.5. The van der Waals surface area contributed by atoms with Gasteiger partial charge in [0.05, 0.1) is 45.1 Å². The van der Waals surface area contributed by atoms with Crippen molar-refractivity contribution < 1.29 is 0 Å². The number of hydrogen-bond donors (Lipinski definition) is 0. The molecule has 0 aliphatic carbocycles. The van der Waals surface area contributed by atoms with Crippen LogP contribution in [-0.4, -0.2) is 24.1 Å². The monoisotopic (exact) mass is 968 g/mol. The van der Waals surface area contributed by atoms with Crippen molar-refractivity contribution in [3.63, 3.8) is 0 Å². The van der Waals surface area contributed by atoms with Crippen LogP contribution in [0.5, 0.6) is 0 Å². The summed E-state index contributed by atoms with van der Waals surface area (Å²) in [7, 11) is 0. The Labute approximate surface area is 439 Å². The van der Waals surface area contributed by atoms with Crippen LogP contribution in [0.4, 0.5) is 0 Å². The van der Waals surface area contributed by atoms with Crippen LogP contribution >= 0.6 is 0 Å². The molecule has 6 heteroatoms. The Balaban J connectivity index is 1.09. The molecule has 6 nitrogen and oxygen atoms in total. The van der Waals surface area contributed by atoms with E-state index in [0.717, 1.165) is 111 Å². The molecule has 3 heterocycles. The Morgan fingerprint density at radius 2 is 0.618 bits per heavy atom. The SMILES string of the molecule is N#Cc1cccc(-c2ccc(-n3c4ccccc4c4cc(-c5ccccc5)ccc43)c(-c3cc(-c4nc(-c5ccccc5)nc(-c5ccccc5)n4)ccc3-n3c4ccccc4c4cc(-c5ccccc5)ccc43)c2)c1. The van der Waals surface area contributed by atoms with Crippen molar-refractivity contribution in [3.05, 3.63) is 272 Å². The van der Waals surface area contributed by atoms with Crippen LogP contribution in [0.15, 0.2) is 267 Å². The molecule has 3 aromatic heterocycles. The lowest BCUT2D eigenvalue weighted by molar-refractivity contribution is 1.07. The van der Waals surface area contributed by atoms with Crippen molar-refractivity contribution in [1.29, 1.82) is 5.26 Å². The Morgan fingerprint density at radius 3 is 1.11 bits per heavy atom. The summed E-state index contributed by atoms with van der Waals surface area (Å²) in [6.45, 7) is 0. The van der Waals surface area contributed by atoms with Gasteiger partial charge in [0.25, 0.3) is 0 Å². The summed E-state index contributed by atoms with van der Waals surface area (Å²) in [6.07, 6.45) is 0. The first-order valence-electron chi connectivity index (χ1n) is 25.5. The Kier molecular flexibility index (Phi) is 10.8. The summed E-state index contributed by atoms with van der Waals surface area (Å²) in [5.41, 5.74) is 18.1. The molecule has 0 unspecified atom stereocenters. The van der Waals surface area contributed by atoms with E-state index in [4.69, 9.17) is 15.0 Å². The summed E-state index contributed by atoms with van der Waals surface area (Å²) in [6, 6.07) is 96.1. The fourth-order valence-corrected chi connectivity index (χ4v) is 11.0. The number of nitrogens with zero attached hydrogens (tertiary/aromatic N) is 6. The maximum Gasteiger partial charge on any atom is 0.164 e. The smallest absolute Gasteiger partial charge is 0.164 e. The second-order valence-corrected chi connectivity index (χ2v) is 19.1. The van der Waals surface area contributed by atoms with Crippen molar-refractivity contribution in [2.45, 2.75) is 0 Å². The van der Waals surface area contributed by atoms with Gasteiger partial charge in [-0.15, -0.1) is 0 Å². The van der Waals surface area contributed by atoms with Crippen LogP contribution in [0.3, 0.4) is 0 Å². The molecule has 0 radical (unpaired) electrons. The zero-order valence-corrected chi connectivity index (χ0v) is 41.1. The van der Waals surface area contributed by atoms with Crippen molar-refractivity contribution in [2.75, 3.05) is 0 Å². The molecular formula is C70H44N6. The molecule has 0 aliphatic rings. The highest BCUT2D eigenvalue weighted by molar-refractivity contribution is 6.13. The van der Waals surface area contributed by atoms with E-state index in [-0.39, 0.29) is 0 Å². The zero-order valence-electron chi connectivity index (χ0n) is 41.1. The molecule has 0 spiro atoms. The fraction of sp³-hybridized carbons (Fsp3) is 0. The molecule has 0 bridgehead atoms. The Morgan fingerprint density at radius 1 is 0.263 bits per heavy atom. The molecular weight excluding hydrogens is 925 g/mol. The third kappa shape index (κ3) is 7.70. The predicted molar refractivity (Wildman–Crippen MR) is 311 cm³/mol. The highest BCUT2D eigenvalue weighted by Crippen LogP contribution is 2.45. The van der Waals surface area contributed by atoms with Crippen LogP contribution in [-0.2, 0) is 0 Å². The molecule has 14 aromatic rings. The lowest BCUT2D eigenvalue weighted by Gasteiger charge is -2.21. The van der Waals surface area contributed by atoms with Crippen LogP contribution in [0.1, 0.15) is 5.56 Å². The van der Waals surface area contributed by atoms with Crippen LogP contribution in [0.25, 0.3) is 134 Å². The first kappa shape index (κ1) is 44.2. The third-order valence-electron chi connectivity index (χ3n) is 14.6. The summed E-state index contributed by atoms with van der Waals surface area (Å²) in [5.74, 6) is 1.73. The quantitative estimate of drug-likeness (QED) is 0.144. The molecule has 354 valence electrons. The maximum atomic E-state index is 10.2. The molecule has 11 aromatic carbocycles. The molecule has 0 saturated heterocycles. The first-order chi connectivity index (χ1) is 37.6. The van der Waals surface area contributed by atoms with E-state index in [0.29, 0.717) is 23.0 Å². The van der Waals surface area contributed by atoms with E-state index in [9.17, 15) is 5.26 Å². The lowest BCUT2D eigenvalue weighted by atomic mass is 9.93. The highest BCUT2D eigenvalue weighted by Gasteiger charge is 2.24. The largest absolute Gasteiger partial charge is 0.309 e. The number of nitriles is 1. The standard InChI is InChI=1S/C70H44N6/c71-45-46-18-17-27-51(40-46)54-34-38-66(75-62-30-15-13-28-56(62)58-41-52(32-36-64(58)75)47-19-5-1-6-20-47)60(43-54)61-44-55(70-73-68(49-23-9-3-10-24-49)72-69(74-70)50-25-11-4-12-26-50)35-39-67(61)76-63-31-16-14-29-57(63)59-42-53(33-37-65(59)76)48-21-7-2-8-22-48/h1-44H. The van der Waals surface area contributed by atoms with Gasteiger partial charge < -0.3 is 9.13 Å². The number of fused-ring (bicyclic) bond motifs is 6. The van der Waals surface area contributed by atoms with Crippen molar-refractivity contribution >= 4 is 43.6 Å². The Hall–Kier alpha value is -10.5. The van der Waals surface area contributed by atoms with Crippen LogP contribution in [0.2, 0.25) is 0 Å². The highest BCUT2D eigenvalue weighted by atomic mass is 15.0. The fourth-order valence-electron chi connectivity index (χ4n) is 11.0. The van der Waals surface area contributed by atoms with Gasteiger partial charge in [-0.1, -0.05) is 188 Å². The van der Waals surface area contributed by atoms with Gasteiger partial charge in [0.15, 0.2) is 17.5 Å². The summed E-state index contributed by atoms with van der Waals surface area (Å²) in [5, 5.41) is 14.8. The van der Waals surface area contributed by atoms with E-state index in [1.165, 1.54) is 5.56 Å². The summed E-state index contributed by atoms with van der Waals surface area (Å²) >= 11 is 0. The average molecular weight is 969 g/mol. The average Bonchev–Trinajstić information content (AvgIpc) is 4.14. The van der Waals surface area contributed by atoms with Crippen LogP contribution in [0, 0.1) is 11.3 Å². The predicted octanol–water partition coefficient (Wildman–Crippen LogP) is 17.6. The van der Waals surface area contributed by atoms with E-state index < -0.39 is 0 Å². The number of hydrogen-bond acceptors (Lipinski definition) is 4. The normalized spacial score (nSPS) is 11.4. The maximum absolute atomic E-state index is 10.2. The van der Waals surface area contributed by atoms with Gasteiger partial charge in [0.1, 0.15) is 0 Å². The van der Waals surface area contributed by atoms with Gasteiger partial charge in [-0.3, -0.25) is 0 Å². The van der Waals surface area contributed by atoms with Gasteiger partial charge in [0, 0.05) is 49.4 Å². The number of aromatic nitrogens is 5. The molecule has 0 saturated carbocycles. The summed E-state index contributed by atoms with van der Waals surface area (Å²) < 4.78 is 4.84. The van der Waals surface area contributed by atoms with E-state index in [1.807, 2.05) is 78.9 Å². The van der Waals surface area contributed by atoms with E-state index in [1.54, 1.807) is 0 Å². The van der Waals surface area contributed by atoms with Gasteiger partial charge in [-0.05, 0) is 112 Å². The molecule has 76 heavy (non-hydrogen) atoms. The van der Waals surface area contributed by atoms with E-state index >= 15 is 0 Å². The van der Waals surface area contributed by atoms with Crippen molar-refractivity contribution in [2.24, 2.45) is 0 Å². The van der Waals surface area contributed by atoms with Gasteiger partial charge in [0.2, 0.25) is 0 Å². The second-order valence-electron chi connectivity index (χ2n) is 19.1. The van der Waals surface area contributed by atoms with Crippen molar-refractivity contribution in [1.82, 2.24) is 24.1 Å². The Bertz CT molecular complexity index is 4510. The minimum absolute atomic E-state index is 0.556. The number of rotatable bonds is 9. The zero-order chi connectivity index (χ0) is 50.5. The molecule has 0 atom stereocenters. The van der Waals surface area contributed by atoms with Gasteiger partial charge in [-0.25, -0.2) is 15.0 Å². The molecule has 14 rings (SSSR count). The van der Waals surface area contributed by atoms with E-state index in [2.05, 4.69) is 203 Å². The first-order valence-corrected chi connectivity index (χ1v) is 25.5. The minimum Gasteiger partial charge on any atom is -0.309 e. The number of para-hydroxylation sites is 2. The summed E-state index contributed by atoms with van der Waals surface area (Å²) in [4.78, 5) is 15.6. The minimum atomic E-state index is 0.556. The molecule has 0 amide bonds. The van der Waals surface area contributed by atoms with Gasteiger partial charge >= 0.3 is 0 Å².